The summed E-state index contributed by atoms with van der Waals surface area (Å²) in [6, 6.07) is 2.83. The number of aryl methyl sites for hydroxylation is 2. The number of carbonyl (C=O) groups is 2. The summed E-state index contributed by atoms with van der Waals surface area (Å²) in [5, 5.41) is 7.66. The lowest BCUT2D eigenvalue weighted by Gasteiger charge is -2.16. The zero-order valence-corrected chi connectivity index (χ0v) is 20.3. The number of nitrogens with one attached hydrogen (secondary N) is 4. The number of hydrogen-bond acceptors (Lipinski definition) is 3. The van der Waals surface area contributed by atoms with E-state index in [9.17, 15) is 22.8 Å². The second kappa shape index (κ2) is 9.46. The number of hydrogen-bond donors (Lipinski definition) is 4. The first kappa shape index (κ1) is 24.3. The zero-order chi connectivity index (χ0) is 24.6. The third-order valence-corrected chi connectivity index (χ3v) is 6.57. The molecule has 1 saturated heterocycles. The number of fused-ring (bicyclic) bond motifs is 1. The Bertz CT molecular complexity index is 1170. The van der Waals surface area contributed by atoms with Crippen molar-refractivity contribution in [1.82, 2.24) is 15.2 Å². The number of urea groups is 1. The predicted octanol–water partition coefficient (Wildman–Crippen LogP) is 5.12. The summed E-state index contributed by atoms with van der Waals surface area (Å²) in [5.41, 5.74) is 0.418. The standard InChI is InChI=1S/C23H25BrF3N5O2/c1-12-9-14-15(21(33)30-20(14)16(24)10-12)11-17-18(23(25,26)27)19(13(2)29-17)31-22(34)28-5-8-32-6-3-4-7-32/h9-11,29H,3-8H2,1-2H3,(H,30,33)(H2,28,31,34)/b15-11-. The van der Waals surface area contributed by atoms with Crippen LogP contribution in [-0.2, 0) is 11.0 Å². The molecule has 7 nitrogen and oxygen atoms in total. The molecule has 34 heavy (non-hydrogen) atoms. The molecule has 0 saturated carbocycles. The number of anilines is 2. The maximum Gasteiger partial charge on any atom is 0.420 e. The summed E-state index contributed by atoms with van der Waals surface area (Å²) >= 11 is 3.38. The van der Waals surface area contributed by atoms with Crippen LogP contribution in [0.1, 0.15) is 40.9 Å². The molecular formula is C23H25BrF3N5O2. The maximum atomic E-state index is 14.1. The Kier molecular flexibility index (Phi) is 6.77. The van der Waals surface area contributed by atoms with Crippen LogP contribution in [0.5, 0.6) is 0 Å². The Morgan fingerprint density at radius 3 is 2.62 bits per heavy atom. The van der Waals surface area contributed by atoms with Gasteiger partial charge in [0.1, 0.15) is 5.56 Å². The van der Waals surface area contributed by atoms with E-state index in [1.807, 2.05) is 13.0 Å². The molecule has 2 aliphatic rings. The molecule has 0 aliphatic carbocycles. The van der Waals surface area contributed by atoms with Crippen LogP contribution in [0.2, 0.25) is 0 Å². The van der Waals surface area contributed by atoms with Gasteiger partial charge in [-0.25, -0.2) is 4.79 Å². The van der Waals surface area contributed by atoms with Crippen molar-refractivity contribution in [2.24, 2.45) is 0 Å². The molecule has 182 valence electrons. The number of halogens is 4. The van der Waals surface area contributed by atoms with Crippen molar-refractivity contribution in [1.29, 1.82) is 0 Å². The van der Waals surface area contributed by atoms with Crippen molar-refractivity contribution in [3.05, 3.63) is 44.7 Å². The minimum Gasteiger partial charge on any atom is -0.357 e. The van der Waals surface area contributed by atoms with Gasteiger partial charge in [-0.05, 0) is 79.5 Å². The molecule has 1 aromatic heterocycles. The van der Waals surface area contributed by atoms with E-state index in [4.69, 9.17) is 0 Å². The van der Waals surface area contributed by atoms with E-state index in [2.05, 4.69) is 41.8 Å². The highest BCUT2D eigenvalue weighted by atomic mass is 79.9. The van der Waals surface area contributed by atoms with Crippen LogP contribution in [0.4, 0.5) is 29.3 Å². The number of likely N-dealkylation sites (tertiary alicyclic amines) is 1. The highest BCUT2D eigenvalue weighted by molar-refractivity contribution is 9.10. The molecule has 0 unspecified atom stereocenters. The van der Waals surface area contributed by atoms with Crippen LogP contribution in [0.25, 0.3) is 11.6 Å². The fraction of sp³-hybridized carbons (Fsp3) is 0.391. The van der Waals surface area contributed by atoms with Gasteiger partial charge in [-0.3, -0.25) is 4.79 Å². The monoisotopic (exact) mass is 539 g/mol. The molecule has 3 heterocycles. The number of benzene rings is 1. The molecule has 1 fully saturated rings. The summed E-state index contributed by atoms with van der Waals surface area (Å²) in [6.07, 6.45) is -1.36. The minimum absolute atomic E-state index is 0.104. The number of aromatic amines is 1. The average Bonchev–Trinajstić information content (AvgIpc) is 3.42. The Morgan fingerprint density at radius 2 is 1.94 bits per heavy atom. The second-order valence-electron chi connectivity index (χ2n) is 8.52. The lowest BCUT2D eigenvalue weighted by Crippen LogP contribution is -2.36. The largest absolute Gasteiger partial charge is 0.420 e. The van der Waals surface area contributed by atoms with E-state index < -0.39 is 23.7 Å². The van der Waals surface area contributed by atoms with Crippen LogP contribution in [-0.4, -0.2) is 48.0 Å². The third kappa shape index (κ3) is 5.00. The highest BCUT2D eigenvalue weighted by Gasteiger charge is 2.39. The SMILES string of the molecule is Cc1cc(Br)c2c(c1)/C(=C/c1[nH]c(C)c(NC(=O)NCCN3CCCC3)c1C(F)(F)F)C(=O)N2. The number of H-pyrrole nitrogens is 1. The van der Waals surface area contributed by atoms with Gasteiger partial charge in [0.05, 0.1) is 22.6 Å². The van der Waals surface area contributed by atoms with E-state index in [-0.39, 0.29) is 22.6 Å². The number of carbonyl (C=O) groups excluding carboxylic acids is 2. The van der Waals surface area contributed by atoms with Crippen LogP contribution in [0.3, 0.4) is 0 Å². The van der Waals surface area contributed by atoms with Gasteiger partial charge in [0.15, 0.2) is 0 Å². The number of aromatic nitrogens is 1. The Balaban J connectivity index is 1.62. The van der Waals surface area contributed by atoms with Gasteiger partial charge in [0.2, 0.25) is 0 Å². The minimum atomic E-state index is -4.76. The average molecular weight is 540 g/mol. The van der Waals surface area contributed by atoms with Gasteiger partial charge in [-0.1, -0.05) is 0 Å². The normalized spacial score (nSPS) is 17.2. The van der Waals surface area contributed by atoms with Crippen LogP contribution >= 0.6 is 15.9 Å². The summed E-state index contributed by atoms with van der Waals surface area (Å²) in [4.78, 5) is 29.8. The molecule has 0 atom stereocenters. The summed E-state index contributed by atoms with van der Waals surface area (Å²) in [6.45, 7) is 6.17. The van der Waals surface area contributed by atoms with E-state index in [0.717, 1.165) is 31.5 Å². The van der Waals surface area contributed by atoms with Crippen molar-refractivity contribution in [3.8, 4) is 0 Å². The third-order valence-electron chi connectivity index (χ3n) is 5.95. The van der Waals surface area contributed by atoms with E-state index in [1.165, 1.54) is 13.0 Å². The summed E-state index contributed by atoms with van der Waals surface area (Å²) < 4.78 is 42.9. The lowest BCUT2D eigenvalue weighted by atomic mass is 10.0. The van der Waals surface area contributed by atoms with Crippen molar-refractivity contribution in [3.63, 3.8) is 0 Å². The fourth-order valence-electron chi connectivity index (χ4n) is 4.37. The molecule has 4 N–H and O–H groups in total. The van der Waals surface area contributed by atoms with E-state index in [1.54, 1.807) is 6.07 Å². The first-order chi connectivity index (χ1) is 16.0. The van der Waals surface area contributed by atoms with Gasteiger partial charge in [-0.15, -0.1) is 0 Å². The second-order valence-corrected chi connectivity index (χ2v) is 9.38. The molecule has 1 aromatic carbocycles. The molecule has 4 rings (SSSR count). The van der Waals surface area contributed by atoms with Gasteiger partial charge >= 0.3 is 12.2 Å². The van der Waals surface area contributed by atoms with Gasteiger partial charge in [-0.2, -0.15) is 13.2 Å². The Morgan fingerprint density at radius 1 is 1.24 bits per heavy atom. The Hall–Kier alpha value is -2.79. The molecule has 11 heteroatoms. The van der Waals surface area contributed by atoms with Gasteiger partial charge in [0, 0.05) is 28.8 Å². The van der Waals surface area contributed by atoms with Gasteiger partial charge < -0.3 is 25.8 Å². The number of alkyl halides is 3. The number of amides is 3. The lowest BCUT2D eigenvalue weighted by molar-refractivity contribution is -0.137. The van der Waals surface area contributed by atoms with Crippen molar-refractivity contribution in [2.75, 3.05) is 36.8 Å². The number of rotatable bonds is 5. The van der Waals surface area contributed by atoms with Crippen LogP contribution < -0.4 is 16.0 Å². The van der Waals surface area contributed by atoms with Crippen LogP contribution in [0, 0.1) is 13.8 Å². The molecule has 3 amide bonds. The first-order valence-corrected chi connectivity index (χ1v) is 11.7. The zero-order valence-electron chi connectivity index (χ0n) is 18.8. The smallest absolute Gasteiger partial charge is 0.357 e. The van der Waals surface area contributed by atoms with Crippen molar-refractivity contribution < 1.29 is 22.8 Å². The molecule has 0 radical (unpaired) electrons. The van der Waals surface area contributed by atoms with Crippen LogP contribution in [0.15, 0.2) is 16.6 Å². The first-order valence-electron chi connectivity index (χ1n) is 10.9. The highest BCUT2D eigenvalue weighted by Crippen LogP contribution is 2.43. The predicted molar refractivity (Wildman–Crippen MR) is 129 cm³/mol. The molecule has 0 spiro atoms. The molecule has 2 aromatic rings. The number of nitrogens with zero attached hydrogens (tertiary/aromatic N) is 1. The molecule has 2 aliphatic heterocycles. The van der Waals surface area contributed by atoms with E-state index in [0.29, 0.717) is 28.8 Å². The fourth-order valence-corrected chi connectivity index (χ4v) is 5.05. The summed E-state index contributed by atoms with van der Waals surface area (Å²) in [5.74, 6) is -0.504. The van der Waals surface area contributed by atoms with Crippen molar-refractivity contribution in [2.45, 2.75) is 32.9 Å². The maximum absolute atomic E-state index is 14.1. The van der Waals surface area contributed by atoms with Crippen molar-refractivity contribution >= 4 is 50.9 Å². The quantitative estimate of drug-likeness (QED) is 0.397. The Labute approximate surface area is 203 Å². The topological polar surface area (TPSA) is 89.3 Å². The van der Waals surface area contributed by atoms with Gasteiger partial charge in [0.25, 0.3) is 5.91 Å². The molecular weight excluding hydrogens is 515 g/mol. The summed E-state index contributed by atoms with van der Waals surface area (Å²) in [7, 11) is 0. The molecule has 0 bridgehead atoms. The van der Waals surface area contributed by atoms with E-state index >= 15 is 0 Å².